The first-order valence-corrected chi connectivity index (χ1v) is 5.01. The van der Waals surface area contributed by atoms with Crippen LogP contribution in [0.3, 0.4) is 0 Å². The zero-order chi connectivity index (χ0) is 11.4. The van der Waals surface area contributed by atoms with Crippen molar-refractivity contribution >= 4 is 21.7 Å². The Morgan fingerprint density at radius 3 is 2.73 bits per heavy atom. The Kier molecular flexibility index (Phi) is 4.20. The summed E-state index contributed by atoms with van der Waals surface area (Å²) in [6, 6.07) is 4.66. The van der Waals surface area contributed by atoms with Crippen LogP contribution in [0.1, 0.15) is 12.5 Å². The fraction of sp³-hybridized carbons (Fsp3) is 0.300. The van der Waals surface area contributed by atoms with Crippen LogP contribution in [0, 0.1) is 0 Å². The lowest BCUT2D eigenvalue weighted by atomic mass is 10.1. The number of carbonyl (C=O) groups is 1. The molecule has 0 N–H and O–H groups in total. The summed E-state index contributed by atoms with van der Waals surface area (Å²) < 4.78 is 29.0. The van der Waals surface area contributed by atoms with Gasteiger partial charge < -0.3 is 4.74 Å². The molecule has 0 spiro atoms. The molecule has 1 aromatic rings. The fourth-order valence-corrected chi connectivity index (χ4v) is 1.65. The van der Waals surface area contributed by atoms with Crippen molar-refractivity contribution in [1.29, 1.82) is 0 Å². The number of carbonyl (C=O) groups excluding carboxylic acids is 1. The van der Waals surface area contributed by atoms with Gasteiger partial charge in [-0.25, -0.2) is 0 Å². The molecule has 0 fully saturated rings. The summed E-state index contributed by atoms with van der Waals surface area (Å²) in [6.45, 7) is -1.49. The van der Waals surface area contributed by atoms with Crippen molar-refractivity contribution in [2.24, 2.45) is 0 Å². The molecule has 0 atom stereocenters. The molecular weight excluding hydrogens is 270 g/mol. The molecule has 15 heavy (non-hydrogen) atoms. The molecule has 0 radical (unpaired) electrons. The number of hydrogen-bond acceptors (Lipinski definition) is 2. The minimum Gasteiger partial charge on any atom is -0.434 e. The van der Waals surface area contributed by atoms with Crippen LogP contribution in [-0.4, -0.2) is 12.4 Å². The summed E-state index contributed by atoms with van der Waals surface area (Å²) in [5, 5.41) is 0. The first-order chi connectivity index (χ1) is 7.00. The van der Waals surface area contributed by atoms with Crippen LogP contribution in [0.15, 0.2) is 22.7 Å². The monoisotopic (exact) mass is 278 g/mol. The molecule has 0 bridgehead atoms. The maximum absolute atomic E-state index is 12.0. The molecule has 1 aromatic carbocycles. The van der Waals surface area contributed by atoms with Crippen molar-refractivity contribution in [2.75, 3.05) is 0 Å². The average molecular weight is 279 g/mol. The molecule has 0 unspecified atom stereocenters. The van der Waals surface area contributed by atoms with Gasteiger partial charge >= 0.3 is 6.61 Å². The van der Waals surface area contributed by atoms with Crippen molar-refractivity contribution in [1.82, 2.24) is 0 Å². The molecular formula is C10H9BrF2O2. The molecule has 0 aliphatic rings. The third-order valence-electron chi connectivity index (χ3n) is 1.72. The summed E-state index contributed by atoms with van der Waals surface area (Å²) in [7, 11) is 0. The summed E-state index contributed by atoms with van der Waals surface area (Å²) in [5.41, 5.74) is 0.449. The summed E-state index contributed by atoms with van der Waals surface area (Å²) >= 11 is 3.19. The van der Waals surface area contributed by atoms with E-state index in [-0.39, 0.29) is 18.0 Å². The van der Waals surface area contributed by atoms with Gasteiger partial charge in [0, 0.05) is 16.5 Å². The maximum atomic E-state index is 12.0. The SMILES string of the molecule is CC(=O)Cc1c(Br)cccc1OC(F)F. The van der Waals surface area contributed by atoms with E-state index in [2.05, 4.69) is 20.7 Å². The zero-order valence-corrected chi connectivity index (χ0v) is 9.55. The van der Waals surface area contributed by atoms with E-state index >= 15 is 0 Å². The Morgan fingerprint density at radius 2 is 2.20 bits per heavy atom. The van der Waals surface area contributed by atoms with Crippen molar-refractivity contribution < 1.29 is 18.3 Å². The number of rotatable bonds is 4. The molecule has 2 nitrogen and oxygen atoms in total. The van der Waals surface area contributed by atoms with E-state index < -0.39 is 6.61 Å². The van der Waals surface area contributed by atoms with E-state index in [1.165, 1.54) is 13.0 Å². The van der Waals surface area contributed by atoms with E-state index in [9.17, 15) is 13.6 Å². The van der Waals surface area contributed by atoms with Gasteiger partial charge in [0.15, 0.2) is 0 Å². The van der Waals surface area contributed by atoms with E-state index in [4.69, 9.17) is 0 Å². The predicted octanol–water partition coefficient (Wildman–Crippen LogP) is 3.18. The Labute approximate surface area is 94.4 Å². The van der Waals surface area contributed by atoms with Gasteiger partial charge in [0.25, 0.3) is 0 Å². The normalized spacial score (nSPS) is 10.5. The number of benzene rings is 1. The second-order valence-electron chi connectivity index (χ2n) is 2.97. The van der Waals surface area contributed by atoms with Gasteiger partial charge in [-0.2, -0.15) is 8.78 Å². The van der Waals surface area contributed by atoms with Crippen LogP contribution in [0.4, 0.5) is 8.78 Å². The van der Waals surface area contributed by atoms with E-state index in [0.717, 1.165) is 0 Å². The van der Waals surface area contributed by atoms with Gasteiger partial charge in [-0.1, -0.05) is 22.0 Å². The van der Waals surface area contributed by atoms with Crippen LogP contribution in [0.25, 0.3) is 0 Å². The largest absolute Gasteiger partial charge is 0.434 e. The number of alkyl halides is 2. The lowest BCUT2D eigenvalue weighted by molar-refractivity contribution is -0.116. The lowest BCUT2D eigenvalue weighted by Gasteiger charge is -2.10. The van der Waals surface area contributed by atoms with Crippen molar-refractivity contribution in [3.63, 3.8) is 0 Å². The van der Waals surface area contributed by atoms with Gasteiger partial charge in [-0.05, 0) is 19.1 Å². The number of Topliss-reactive ketones (excluding diaryl/α,β-unsaturated/α-hetero) is 1. The predicted molar refractivity (Wildman–Crippen MR) is 55.2 cm³/mol. The van der Waals surface area contributed by atoms with Gasteiger partial charge in [0.2, 0.25) is 0 Å². The van der Waals surface area contributed by atoms with Gasteiger partial charge in [0.1, 0.15) is 11.5 Å². The minimum atomic E-state index is -2.88. The second-order valence-corrected chi connectivity index (χ2v) is 3.83. The minimum absolute atomic E-state index is 0.0366. The molecule has 1 rings (SSSR count). The Bertz CT molecular complexity index is 366. The van der Waals surface area contributed by atoms with E-state index in [1.807, 2.05) is 0 Å². The lowest BCUT2D eigenvalue weighted by Crippen LogP contribution is -2.07. The quantitative estimate of drug-likeness (QED) is 0.846. The number of hydrogen-bond donors (Lipinski definition) is 0. The molecule has 0 heterocycles. The summed E-state index contributed by atoms with van der Waals surface area (Å²) in [6.07, 6.45) is 0.0729. The van der Waals surface area contributed by atoms with Crippen LogP contribution in [0.5, 0.6) is 5.75 Å². The van der Waals surface area contributed by atoms with E-state index in [0.29, 0.717) is 10.0 Å². The standard InChI is InChI=1S/C10H9BrF2O2/c1-6(14)5-7-8(11)3-2-4-9(7)15-10(12)13/h2-4,10H,5H2,1H3. The van der Waals surface area contributed by atoms with Gasteiger partial charge in [0.05, 0.1) is 0 Å². The molecule has 82 valence electrons. The van der Waals surface area contributed by atoms with Crippen LogP contribution in [-0.2, 0) is 11.2 Å². The topological polar surface area (TPSA) is 26.3 Å². The molecule has 0 saturated heterocycles. The third-order valence-corrected chi connectivity index (χ3v) is 2.46. The van der Waals surface area contributed by atoms with Crippen molar-refractivity contribution in [2.45, 2.75) is 20.0 Å². The first-order valence-electron chi connectivity index (χ1n) is 4.22. The fourth-order valence-electron chi connectivity index (χ4n) is 1.17. The maximum Gasteiger partial charge on any atom is 0.387 e. The zero-order valence-electron chi connectivity index (χ0n) is 7.97. The van der Waals surface area contributed by atoms with Crippen molar-refractivity contribution in [3.05, 3.63) is 28.2 Å². The second kappa shape index (κ2) is 5.21. The molecule has 0 saturated carbocycles. The number of ether oxygens (including phenoxy) is 1. The van der Waals surface area contributed by atoms with Gasteiger partial charge in [-0.15, -0.1) is 0 Å². The highest BCUT2D eigenvalue weighted by molar-refractivity contribution is 9.10. The highest BCUT2D eigenvalue weighted by atomic mass is 79.9. The number of halogens is 3. The highest BCUT2D eigenvalue weighted by Crippen LogP contribution is 2.28. The first kappa shape index (κ1) is 12.1. The Morgan fingerprint density at radius 1 is 1.53 bits per heavy atom. The van der Waals surface area contributed by atoms with Crippen LogP contribution >= 0.6 is 15.9 Å². The van der Waals surface area contributed by atoms with Crippen LogP contribution < -0.4 is 4.74 Å². The molecule has 0 aromatic heterocycles. The van der Waals surface area contributed by atoms with E-state index in [1.54, 1.807) is 12.1 Å². The van der Waals surface area contributed by atoms with Crippen LogP contribution in [0.2, 0.25) is 0 Å². The number of ketones is 1. The third kappa shape index (κ3) is 3.58. The average Bonchev–Trinajstić information content (AvgIpc) is 2.09. The molecule has 0 aliphatic heterocycles. The molecule has 0 amide bonds. The molecule has 5 heteroatoms. The Hall–Kier alpha value is -0.970. The van der Waals surface area contributed by atoms with Gasteiger partial charge in [-0.3, -0.25) is 4.79 Å². The Balaban J connectivity index is 3.02. The smallest absolute Gasteiger partial charge is 0.387 e. The summed E-state index contributed by atoms with van der Waals surface area (Å²) in [4.78, 5) is 10.9. The molecule has 0 aliphatic carbocycles. The summed E-state index contributed by atoms with van der Waals surface area (Å²) in [5.74, 6) is -0.0735. The highest BCUT2D eigenvalue weighted by Gasteiger charge is 2.13. The van der Waals surface area contributed by atoms with Crippen molar-refractivity contribution in [3.8, 4) is 5.75 Å².